The fraction of sp³-hybridized carbons (Fsp3) is 0.0707. The summed E-state index contributed by atoms with van der Waals surface area (Å²) in [6.45, 7) is -0.294. The van der Waals surface area contributed by atoms with Crippen molar-refractivity contribution in [2.45, 2.75) is 45.7 Å². The molecule has 0 saturated heterocycles. The highest BCUT2D eigenvalue weighted by Crippen LogP contribution is 2.36. The van der Waals surface area contributed by atoms with E-state index in [0.717, 1.165) is 54.6 Å². The minimum absolute atomic E-state index is 0.0315. The summed E-state index contributed by atoms with van der Waals surface area (Å²) >= 11 is 2.22. The third-order valence-corrected chi connectivity index (χ3v) is 20.4. The second-order valence-corrected chi connectivity index (χ2v) is 30.1. The third-order valence-electron chi connectivity index (χ3n) is 19.7. The van der Waals surface area contributed by atoms with Crippen molar-refractivity contribution < 1.29 is 90.8 Å². The third kappa shape index (κ3) is 24.3. The van der Waals surface area contributed by atoms with Crippen molar-refractivity contribution >= 4 is 69.5 Å². The summed E-state index contributed by atoms with van der Waals surface area (Å²) in [6, 6.07) is 73.7. The van der Waals surface area contributed by atoms with Crippen molar-refractivity contribution in [3.05, 3.63) is 381 Å². The molecular weight excluding hydrogens is 1810 g/mol. The number of aliphatic hydroxyl groups is 4. The number of carbonyl (C=O) groups excluding carboxylic acids is 4. The van der Waals surface area contributed by atoms with Gasteiger partial charge in [0.1, 0.15) is 45.8 Å². The summed E-state index contributed by atoms with van der Waals surface area (Å²) in [5, 5.41) is 86.1. The van der Waals surface area contributed by atoms with Gasteiger partial charge in [0.15, 0.2) is 58.2 Å². The molecule has 658 valence electrons. The second kappa shape index (κ2) is 43.5. The van der Waals surface area contributed by atoms with E-state index in [1.165, 1.54) is 54.9 Å². The summed E-state index contributed by atoms with van der Waals surface area (Å²) in [5.41, 5.74) is 12.6. The van der Waals surface area contributed by atoms with Crippen molar-refractivity contribution in [1.82, 2.24) is 39.9 Å². The van der Waals surface area contributed by atoms with E-state index in [2.05, 4.69) is 73.8 Å². The first-order valence-corrected chi connectivity index (χ1v) is 40.8. The molecule has 4 amide bonds. The maximum atomic E-state index is 14.0. The minimum Gasteiger partial charge on any atom is -0.508 e. The maximum absolute atomic E-state index is 14.0. The van der Waals surface area contributed by atoms with Crippen LogP contribution >= 0.6 is 22.6 Å². The molecule has 0 aliphatic rings. The molecule has 0 fully saturated rings. The Balaban J connectivity index is 0.000000149. The number of halogens is 8. The predicted molar refractivity (Wildman–Crippen MR) is 485 cm³/mol. The SMILES string of the molecule is O=C(Cc1c(F)c(F)c(F)c(F)c1F)Nc1ncc(-c2ccc(CO)cc2)nc1-c1ccc(O)cc1.O=C(Cc1ccc(F)c(F)c1)Nc1ncc(-c2ccc(CO)cc2)nc1-c1ccc(O)cc1.O=C(Cc1ccc(I)cc1)Nc1ncc(-c2ccc(CO)cc2)nc1-c1ccc(O)cc1.O=C(Nc1ncc(-c2ccc(CO)cc2)nc1-c1ccc(O)cc1)c1ccccc1. The van der Waals surface area contributed by atoms with Crippen LogP contribution in [0.5, 0.6) is 23.0 Å². The highest BCUT2D eigenvalue weighted by atomic mass is 127. The summed E-state index contributed by atoms with van der Waals surface area (Å²) in [6.07, 6.45) is 4.90. The summed E-state index contributed by atoms with van der Waals surface area (Å²) in [7, 11) is 0. The number of rotatable bonds is 23. The number of phenolic OH excluding ortho intramolecular Hbond substituents is 4. The van der Waals surface area contributed by atoms with Crippen molar-refractivity contribution in [2.24, 2.45) is 0 Å². The Kier molecular flexibility index (Phi) is 30.8. The Labute approximate surface area is 756 Å². The van der Waals surface area contributed by atoms with E-state index in [1.54, 1.807) is 146 Å². The Hall–Kier alpha value is -15.9. The second-order valence-electron chi connectivity index (χ2n) is 28.8. The van der Waals surface area contributed by atoms with Crippen LogP contribution < -0.4 is 21.3 Å². The van der Waals surface area contributed by atoms with Crippen LogP contribution in [0, 0.1) is 44.3 Å². The molecule has 4 heterocycles. The lowest BCUT2D eigenvalue weighted by molar-refractivity contribution is -0.116. The maximum Gasteiger partial charge on any atom is 0.256 e. The summed E-state index contributed by atoms with van der Waals surface area (Å²) in [4.78, 5) is 86.5. The highest BCUT2D eigenvalue weighted by Gasteiger charge is 2.29. The van der Waals surface area contributed by atoms with Gasteiger partial charge in [-0.2, -0.15) is 0 Å². The van der Waals surface area contributed by atoms with Gasteiger partial charge in [-0.1, -0.05) is 133 Å². The van der Waals surface area contributed by atoms with E-state index in [9.17, 15) is 90.8 Å². The molecule has 32 heteroatoms. The zero-order valence-electron chi connectivity index (χ0n) is 68.5. The first kappa shape index (κ1) is 92.8. The Morgan fingerprint density at radius 2 is 0.550 bits per heavy atom. The molecule has 12 aromatic carbocycles. The molecule has 0 aliphatic heterocycles. The summed E-state index contributed by atoms with van der Waals surface area (Å²) in [5.74, 6) is -13.9. The van der Waals surface area contributed by atoms with Crippen LogP contribution in [0.15, 0.2) is 292 Å². The zero-order chi connectivity index (χ0) is 92.8. The van der Waals surface area contributed by atoms with Crippen LogP contribution in [0.3, 0.4) is 0 Å². The molecule has 0 radical (unpaired) electrons. The monoisotopic (exact) mass is 1880 g/mol. The average molecular weight is 1880 g/mol. The van der Waals surface area contributed by atoms with Gasteiger partial charge in [0, 0.05) is 59.2 Å². The number of hydrogen-bond donors (Lipinski definition) is 12. The number of amides is 4. The molecule has 24 nitrogen and oxygen atoms in total. The molecule has 0 atom stereocenters. The van der Waals surface area contributed by atoms with Gasteiger partial charge < -0.3 is 62.1 Å². The molecule has 131 heavy (non-hydrogen) atoms. The fourth-order valence-electron chi connectivity index (χ4n) is 12.8. The van der Waals surface area contributed by atoms with Gasteiger partial charge in [0.2, 0.25) is 23.5 Å². The van der Waals surface area contributed by atoms with Crippen LogP contribution in [0.4, 0.5) is 54.0 Å². The largest absolute Gasteiger partial charge is 0.508 e. The standard InChI is InChI=1S/C25H16F5N3O3.C25H19F2N3O3.C25H20IN3O3.C24H19N3O3/c26-19-16(20(27)22(29)23(30)21(19)28)9-18(36)33-25-24(14-5-7-15(35)8-6-14)32-17(10-31-25)13-3-1-12(11-34)2-4-13;26-20-10-3-16(11-21(20)27)12-23(33)30-25-24(18-6-8-19(32)9-7-18)29-22(13-28-25)17-4-1-15(14-31)2-5-17;26-20-9-3-16(4-10-20)13-23(32)29-25-24(19-7-11-21(31)12-8-19)28-22(14-27-25)18-5-1-17(15-30)2-6-18;28-15-16-6-8-17(9-7-16)21-14-25-23(27-24(30)19-4-2-1-3-5-19)22(26-21)18-10-12-20(29)13-11-18/h1-8,10,34-35H,9,11H2,(H,31,33,36);1-11,13,31-32H,12,14H2,(H,28,30,33);1-12,14,30-31H,13,15H2,(H,27,29,32);1-14,28-29H,15H2,(H,25,27,30). The van der Waals surface area contributed by atoms with Gasteiger partial charge in [-0.15, -0.1) is 0 Å². The molecule has 16 aromatic rings. The van der Waals surface area contributed by atoms with E-state index in [4.69, 9.17) is 9.97 Å². The number of nitrogens with one attached hydrogen (secondary N) is 4. The first-order valence-electron chi connectivity index (χ1n) is 39.7. The topological polar surface area (TPSA) is 381 Å². The lowest BCUT2D eigenvalue weighted by Gasteiger charge is -2.13. The van der Waals surface area contributed by atoms with E-state index in [1.807, 2.05) is 78.9 Å². The Morgan fingerprint density at radius 3 is 0.855 bits per heavy atom. The molecular formula is C99H74F7IN12O12. The van der Waals surface area contributed by atoms with Gasteiger partial charge in [-0.05, 0) is 189 Å². The van der Waals surface area contributed by atoms with Crippen molar-refractivity contribution in [1.29, 1.82) is 0 Å². The van der Waals surface area contributed by atoms with Gasteiger partial charge in [0.05, 0.1) is 93.3 Å². The normalized spacial score (nSPS) is 10.7. The molecule has 0 spiro atoms. The number of carbonyl (C=O) groups is 4. The van der Waals surface area contributed by atoms with E-state index < -0.39 is 64.5 Å². The number of anilines is 4. The van der Waals surface area contributed by atoms with Gasteiger partial charge >= 0.3 is 0 Å². The Morgan fingerprint density at radius 1 is 0.282 bits per heavy atom. The molecule has 0 unspecified atom stereocenters. The van der Waals surface area contributed by atoms with Crippen LogP contribution in [0.2, 0.25) is 0 Å². The predicted octanol–water partition coefficient (Wildman–Crippen LogP) is 18.4. The number of nitrogens with zero attached hydrogens (tertiary/aromatic N) is 8. The fourth-order valence-corrected chi connectivity index (χ4v) is 13.1. The number of aromatic nitrogens is 8. The molecule has 0 saturated carbocycles. The lowest BCUT2D eigenvalue weighted by atomic mass is 10.1. The lowest BCUT2D eigenvalue weighted by Crippen LogP contribution is -2.19. The van der Waals surface area contributed by atoms with Crippen LogP contribution in [0.25, 0.3) is 90.1 Å². The molecule has 4 aromatic heterocycles. The van der Waals surface area contributed by atoms with Crippen LogP contribution in [-0.4, -0.2) is 104 Å². The number of aliphatic hydroxyl groups excluding tert-OH is 4. The van der Waals surface area contributed by atoms with Gasteiger partial charge in [0.25, 0.3) is 5.91 Å². The number of aromatic hydroxyl groups is 4. The quantitative estimate of drug-likeness (QED) is 0.0122. The molecule has 0 aliphatic carbocycles. The number of hydrogen-bond acceptors (Lipinski definition) is 20. The molecule has 16 rings (SSSR count). The van der Waals surface area contributed by atoms with Crippen molar-refractivity contribution in [3.63, 3.8) is 0 Å². The van der Waals surface area contributed by atoms with E-state index >= 15 is 0 Å². The molecule has 12 N–H and O–H groups in total. The first-order chi connectivity index (χ1) is 63.3. The van der Waals surface area contributed by atoms with Crippen molar-refractivity contribution in [3.8, 4) is 113 Å². The van der Waals surface area contributed by atoms with Gasteiger partial charge in [-0.3, -0.25) is 19.2 Å². The van der Waals surface area contributed by atoms with Crippen LogP contribution in [0.1, 0.15) is 49.3 Å². The zero-order valence-corrected chi connectivity index (χ0v) is 70.6. The minimum atomic E-state index is -2.32. The van der Waals surface area contributed by atoms with Crippen molar-refractivity contribution in [2.75, 3.05) is 21.3 Å². The number of benzene rings is 12. The number of phenols is 4. The van der Waals surface area contributed by atoms with E-state index in [0.29, 0.717) is 96.0 Å². The smallest absolute Gasteiger partial charge is 0.256 e. The van der Waals surface area contributed by atoms with Gasteiger partial charge in [-0.25, -0.2) is 70.6 Å². The Bertz CT molecular complexity index is 6730. The molecule has 0 bridgehead atoms. The highest BCUT2D eigenvalue weighted by molar-refractivity contribution is 14.1. The average Bonchev–Trinajstić information content (AvgIpc) is 0.809. The summed E-state index contributed by atoms with van der Waals surface area (Å²) < 4.78 is 96.0. The van der Waals surface area contributed by atoms with E-state index in [-0.39, 0.29) is 91.4 Å². The van der Waals surface area contributed by atoms with Crippen LogP contribution in [-0.2, 0) is 60.1 Å².